The zero-order valence-corrected chi connectivity index (χ0v) is 11.5. The average Bonchev–Trinajstić information content (AvgIpc) is 2.76. The van der Waals surface area contributed by atoms with Gasteiger partial charge in [-0.3, -0.25) is 9.59 Å². The monoisotopic (exact) mass is 281 g/mol. The van der Waals surface area contributed by atoms with Crippen LogP contribution >= 0.6 is 23.2 Å². The molecule has 1 amide bonds. The van der Waals surface area contributed by atoms with Gasteiger partial charge < -0.3 is 10.1 Å². The van der Waals surface area contributed by atoms with Crippen LogP contribution in [0.1, 0.15) is 33.1 Å². The molecule has 1 rings (SSSR count). The number of carbonyl (C=O) groups is 2. The summed E-state index contributed by atoms with van der Waals surface area (Å²) >= 11 is 11.7. The van der Waals surface area contributed by atoms with Crippen molar-refractivity contribution in [3.8, 4) is 0 Å². The van der Waals surface area contributed by atoms with Gasteiger partial charge in [0.05, 0.1) is 0 Å². The van der Waals surface area contributed by atoms with Crippen LogP contribution in [-0.2, 0) is 14.3 Å². The largest absolute Gasteiger partial charge is 0.455 e. The third-order valence-electron chi connectivity index (χ3n) is 2.90. The van der Waals surface area contributed by atoms with Gasteiger partial charge in [-0.25, -0.2) is 0 Å². The summed E-state index contributed by atoms with van der Waals surface area (Å²) in [6, 6.07) is 0. The molecule has 98 valence electrons. The number of hydrogen-bond donors (Lipinski definition) is 1. The molecule has 0 aromatic rings. The lowest BCUT2D eigenvalue weighted by Crippen LogP contribution is -2.31. The first-order chi connectivity index (χ1) is 7.83. The van der Waals surface area contributed by atoms with Gasteiger partial charge in [0.2, 0.25) is 0 Å². The molecule has 0 aromatic carbocycles. The molecule has 0 aliphatic heterocycles. The van der Waals surface area contributed by atoms with Crippen molar-refractivity contribution >= 4 is 35.1 Å². The van der Waals surface area contributed by atoms with E-state index in [1.165, 1.54) is 0 Å². The van der Waals surface area contributed by atoms with E-state index in [2.05, 4.69) is 5.32 Å². The molecule has 0 bridgehead atoms. The van der Waals surface area contributed by atoms with Crippen LogP contribution in [0.25, 0.3) is 0 Å². The summed E-state index contributed by atoms with van der Waals surface area (Å²) in [5.74, 6) is -0.820. The molecule has 17 heavy (non-hydrogen) atoms. The van der Waals surface area contributed by atoms with Crippen molar-refractivity contribution in [1.29, 1.82) is 0 Å². The number of rotatable bonds is 6. The van der Waals surface area contributed by atoms with Crippen LogP contribution in [0.2, 0.25) is 0 Å². The average molecular weight is 282 g/mol. The standard InChI is InChI=1S/C11H17Cl2NO3/c1-3-4-5-14-8(15)6-17-9(16)10(2)7-11(10,12)13/h3-7H2,1-2H3,(H,14,15). The highest BCUT2D eigenvalue weighted by Gasteiger charge is 2.69. The Bertz CT molecular complexity index is 320. The molecule has 6 heteroatoms. The van der Waals surface area contributed by atoms with Crippen LogP contribution in [0.15, 0.2) is 0 Å². The van der Waals surface area contributed by atoms with E-state index in [-0.39, 0.29) is 12.5 Å². The predicted molar refractivity (Wildman–Crippen MR) is 66.0 cm³/mol. The molecule has 1 fully saturated rings. The van der Waals surface area contributed by atoms with Crippen LogP contribution in [0, 0.1) is 5.41 Å². The van der Waals surface area contributed by atoms with Crippen LogP contribution in [0.5, 0.6) is 0 Å². The van der Waals surface area contributed by atoms with Gasteiger partial charge in [-0.1, -0.05) is 13.3 Å². The van der Waals surface area contributed by atoms with Gasteiger partial charge in [0, 0.05) is 13.0 Å². The van der Waals surface area contributed by atoms with Crippen molar-refractivity contribution in [2.75, 3.05) is 13.2 Å². The van der Waals surface area contributed by atoms with Crippen molar-refractivity contribution in [1.82, 2.24) is 5.32 Å². The number of ether oxygens (including phenoxy) is 1. The molecule has 1 atom stereocenters. The van der Waals surface area contributed by atoms with Gasteiger partial charge in [0.25, 0.3) is 5.91 Å². The summed E-state index contributed by atoms with van der Waals surface area (Å²) in [5.41, 5.74) is -0.875. The molecule has 0 saturated heterocycles. The smallest absolute Gasteiger partial charge is 0.315 e. The van der Waals surface area contributed by atoms with E-state index in [1.54, 1.807) is 6.92 Å². The fourth-order valence-corrected chi connectivity index (χ4v) is 2.06. The molecule has 1 saturated carbocycles. The number of hydrogen-bond acceptors (Lipinski definition) is 3. The Morgan fingerprint density at radius 1 is 1.41 bits per heavy atom. The number of alkyl halides is 2. The Hall–Kier alpha value is -0.480. The third kappa shape index (κ3) is 3.49. The van der Waals surface area contributed by atoms with Crippen LogP contribution < -0.4 is 5.32 Å². The lowest BCUT2D eigenvalue weighted by atomic mass is 10.1. The van der Waals surface area contributed by atoms with E-state index < -0.39 is 15.7 Å². The number of halogens is 2. The van der Waals surface area contributed by atoms with Crippen molar-refractivity contribution in [3.63, 3.8) is 0 Å². The third-order valence-corrected chi connectivity index (χ3v) is 4.00. The predicted octanol–water partition coefficient (Wildman–Crippen LogP) is 2.03. The number of nitrogens with one attached hydrogen (secondary N) is 1. The maximum absolute atomic E-state index is 11.6. The number of esters is 1. The molecular weight excluding hydrogens is 265 g/mol. The molecule has 0 spiro atoms. The van der Waals surface area contributed by atoms with Crippen LogP contribution in [-0.4, -0.2) is 29.4 Å². The lowest BCUT2D eigenvalue weighted by Gasteiger charge is -2.11. The summed E-state index contributed by atoms with van der Waals surface area (Å²) in [6.07, 6.45) is 2.27. The van der Waals surface area contributed by atoms with E-state index in [1.807, 2.05) is 6.92 Å². The highest BCUT2D eigenvalue weighted by molar-refractivity contribution is 6.53. The SMILES string of the molecule is CCCCNC(=O)COC(=O)C1(C)CC1(Cl)Cl. The van der Waals surface area contributed by atoms with Crippen molar-refractivity contribution in [2.45, 2.75) is 37.4 Å². The van der Waals surface area contributed by atoms with Crippen LogP contribution in [0.3, 0.4) is 0 Å². The van der Waals surface area contributed by atoms with Gasteiger partial charge in [-0.15, -0.1) is 23.2 Å². The van der Waals surface area contributed by atoms with Crippen molar-refractivity contribution < 1.29 is 14.3 Å². The first kappa shape index (κ1) is 14.6. The molecule has 0 heterocycles. The quantitative estimate of drug-likeness (QED) is 0.461. The Labute approximate surface area is 111 Å². The minimum absolute atomic E-state index is 0.276. The summed E-state index contributed by atoms with van der Waals surface area (Å²) < 4.78 is 3.82. The second-order valence-corrected chi connectivity index (χ2v) is 5.98. The second kappa shape index (κ2) is 5.44. The van der Waals surface area contributed by atoms with E-state index in [4.69, 9.17) is 27.9 Å². The maximum Gasteiger partial charge on any atom is 0.315 e. The summed E-state index contributed by atoms with van der Waals surface area (Å²) in [7, 11) is 0. The Morgan fingerprint density at radius 2 is 2.00 bits per heavy atom. The first-order valence-corrected chi connectivity index (χ1v) is 6.41. The van der Waals surface area contributed by atoms with Crippen LogP contribution in [0.4, 0.5) is 0 Å². The second-order valence-electron chi connectivity index (χ2n) is 4.49. The van der Waals surface area contributed by atoms with Crippen molar-refractivity contribution in [2.24, 2.45) is 5.41 Å². The normalized spacial score (nSPS) is 25.2. The molecule has 0 aromatic heterocycles. The number of unbranched alkanes of at least 4 members (excludes halogenated alkanes) is 1. The molecule has 1 unspecified atom stereocenters. The van der Waals surface area contributed by atoms with E-state index in [0.717, 1.165) is 12.8 Å². The Kier molecular flexibility index (Phi) is 4.67. The van der Waals surface area contributed by atoms with Gasteiger partial charge >= 0.3 is 5.97 Å². The number of carbonyl (C=O) groups excluding carboxylic acids is 2. The highest BCUT2D eigenvalue weighted by atomic mass is 35.5. The van der Waals surface area contributed by atoms with Gasteiger partial charge in [0.15, 0.2) is 6.61 Å². The van der Waals surface area contributed by atoms with Crippen molar-refractivity contribution in [3.05, 3.63) is 0 Å². The minimum atomic E-state index is -1.05. The molecule has 1 N–H and O–H groups in total. The lowest BCUT2D eigenvalue weighted by molar-refractivity contribution is -0.153. The van der Waals surface area contributed by atoms with Gasteiger partial charge in [-0.2, -0.15) is 0 Å². The highest BCUT2D eigenvalue weighted by Crippen LogP contribution is 2.64. The Balaban J connectivity index is 2.23. The zero-order valence-electron chi connectivity index (χ0n) is 10.0. The van der Waals surface area contributed by atoms with E-state index >= 15 is 0 Å². The summed E-state index contributed by atoms with van der Waals surface area (Å²) in [5, 5.41) is 2.65. The first-order valence-electron chi connectivity index (χ1n) is 5.65. The Morgan fingerprint density at radius 3 is 2.47 bits per heavy atom. The van der Waals surface area contributed by atoms with Gasteiger partial charge in [0.1, 0.15) is 9.75 Å². The molecular formula is C11H17Cl2NO3. The zero-order chi connectivity index (χ0) is 13.1. The van der Waals surface area contributed by atoms with Gasteiger partial charge in [-0.05, 0) is 13.3 Å². The molecule has 1 aliphatic carbocycles. The molecule has 1 aliphatic rings. The maximum atomic E-state index is 11.6. The molecule has 4 nitrogen and oxygen atoms in total. The topological polar surface area (TPSA) is 55.4 Å². The fourth-order valence-electron chi connectivity index (χ4n) is 1.37. The van der Waals surface area contributed by atoms with E-state index in [0.29, 0.717) is 13.0 Å². The minimum Gasteiger partial charge on any atom is -0.455 e. The summed E-state index contributed by atoms with van der Waals surface area (Å²) in [4.78, 5) is 22.9. The fraction of sp³-hybridized carbons (Fsp3) is 0.818. The summed E-state index contributed by atoms with van der Waals surface area (Å²) in [6.45, 7) is 3.98. The van der Waals surface area contributed by atoms with E-state index in [9.17, 15) is 9.59 Å². The molecule has 0 radical (unpaired) electrons. The number of amides is 1.